The van der Waals surface area contributed by atoms with Crippen LogP contribution in [0.1, 0.15) is 19.5 Å². The van der Waals surface area contributed by atoms with Crippen LogP contribution in [0.3, 0.4) is 0 Å². The summed E-state index contributed by atoms with van der Waals surface area (Å²) in [6.45, 7) is 8.14. The number of rotatable bonds is 7. The third-order valence-electron chi connectivity index (χ3n) is 2.55. The summed E-state index contributed by atoms with van der Waals surface area (Å²) in [5.74, 6) is 0.659. The van der Waals surface area contributed by atoms with Crippen molar-refractivity contribution in [1.82, 2.24) is 14.9 Å². The van der Waals surface area contributed by atoms with Crippen LogP contribution in [0.5, 0.6) is 0 Å². The first-order valence-corrected chi connectivity index (χ1v) is 6.16. The lowest BCUT2D eigenvalue weighted by atomic mass is 10.4. The van der Waals surface area contributed by atoms with Gasteiger partial charge in [-0.25, -0.2) is 9.97 Å². The van der Waals surface area contributed by atoms with Crippen molar-refractivity contribution in [2.24, 2.45) is 5.73 Å². The lowest BCUT2D eigenvalue weighted by Crippen LogP contribution is -2.29. The van der Waals surface area contributed by atoms with Crippen molar-refractivity contribution in [1.29, 1.82) is 0 Å². The van der Waals surface area contributed by atoms with Crippen LogP contribution in [0.25, 0.3) is 0 Å². The summed E-state index contributed by atoms with van der Waals surface area (Å²) < 4.78 is 0. The van der Waals surface area contributed by atoms with Gasteiger partial charge < -0.3 is 16.0 Å². The summed E-state index contributed by atoms with van der Waals surface area (Å²) in [4.78, 5) is 10.9. The number of nitrogens with zero attached hydrogens (tertiary/aromatic N) is 3. The number of likely N-dealkylation sites (N-methyl/N-ethyl adjacent to an activating group) is 1. The smallest absolute Gasteiger partial charge is 0.155 e. The van der Waals surface area contributed by atoms with Crippen molar-refractivity contribution in [3.63, 3.8) is 0 Å². The minimum absolute atomic E-state index is 0.267. The zero-order valence-corrected chi connectivity index (χ0v) is 11.1. The lowest BCUT2D eigenvalue weighted by molar-refractivity contribution is 0.316. The quantitative estimate of drug-likeness (QED) is 0.703. The van der Waals surface area contributed by atoms with E-state index >= 15 is 0 Å². The normalized spacial score (nSPS) is 10.5. The molecule has 0 aliphatic carbocycles. The highest BCUT2D eigenvalue weighted by atomic mass is 32.1. The van der Waals surface area contributed by atoms with Crippen LogP contribution in [0, 0.1) is 0 Å². The first-order valence-electron chi connectivity index (χ1n) is 5.76. The average Bonchev–Trinajstić information content (AvgIpc) is 2.35. The van der Waals surface area contributed by atoms with E-state index < -0.39 is 0 Å². The second-order valence-electron chi connectivity index (χ2n) is 3.57. The number of hydrogen-bond acceptors (Lipinski definition) is 5. The van der Waals surface area contributed by atoms with Gasteiger partial charge in [0.1, 0.15) is 10.7 Å². The fraction of sp³-hybridized carbons (Fsp3) is 0.545. The molecule has 94 valence electrons. The van der Waals surface area contributed by atoms with E-state index in [9.17, 15) is 0 Å². The Balaban J connectivity index is 2.54. The van der Waals surface area contributed by atoms with E-state index in [-0.39, 0.29) is 4.99 Å². The molecule has 0 unspecified atom stereocenters. The lowest BCUT2D eigenvalue weighted by Gasteiger charge is -2.18. The highest BCUT2D eigenvalue weighted by molar-refractivity contribution is 7.80. The maximum absolute atomic E-state index is 5.58. The second kappa shape index (κ2) is 7.13. The zero-order valence-electron chi connectivity index (χ0n) is 10.3. The Bertz CT molecular complexity index is 365. The van der Waals surface area contributed by atoms with Gasteiger partial charge in [0.25, 0.3) is 0 Å². The Morgan fingerprint density at radius 1 is 1.35 bits per heavy atom. The van der Waals surface area contributed by atoms with E-state index in [1.807, 2.05) is 0 Å². The Morgan fingerprint density at radius 3 is 2.59 bits per heavy atom. The van der Waals surface area contributed by atoms with E-state index in [0.29, 0.717) is 11.5 Å². The van der Waals surface area contributed by atoms with Crippen molar-refractivity contribution < 1.29 is 0 Å². The van der Waals surface area contributed by atoms with Gasteiger partial charge >= 0.3 is 0 Å². The summed E-state index contributed by atoms with van der Waals surface area (Å²) in [7, 11) is 0. The summed E-state index contributed by atoms with van der Waals surface area (Å²) in [5, 5.41) is 3.21. The summed E-state index contributed by atoms with van der Waals surface area (Å²) in [6, 6.07) is 0. The maximum atomic E-state index is 5.58. The zero-order chi connectivity index (χ0) is 12.7. The molecule has 5 nitrogen and oxygen atoms in total. The van der Waals surface area contributed by atoms with E-state index in [1.165, 1.54) is 0 Å². The molecule has 0 saturated carbocycles. The van der Waals surface area contributed by atoms with Gasteiger partial charge in [-0.2, -0.15) is 0 Å². The van der Waals surface area contributed by atoms with Crippen molar-refractivity contribution in [3.8, 4) is 0 Å². The molecule has 0 aliphatic rings. The molecule has 0 spiro atoms. The minimum atomic E-state index is 0.267. The summed E-state index contributed by atoms with van der Waals surface area (Å²) in [5.41, 5.74) is 6.13. The fourth-order valence-electron chi connectivity index (χ4n) is 1.52. The van der Waals surface area contributed by atoms with E-state index in [4.69, 9.17) is 18.0 Å². The largest absolute Gasteiger partial charge is 0.388 e. The van der Waals surface area contributed by atoms with Crippen LogP contribution < -0.4 is 11.1 Å². The molecular formula is C11H19N5S. The molecule has 0 radical (unpaired) electrons. The fourth-order valence-corrected chi connectivity index (χ4v) is 1.67. The molecule has 3 N–H and O–H groups in total. The maximum Gasteiger partial charge on any atom is 0.155 e. The van der Waals surface area contributed by atoms with Gasteiger partial charge in [-0.1, -0.05) is 26.1 Å². The Hall–Kier alpha value is -1.27. The van der Waals surface area contributed by atoms with Gasteiger partial charge in [0.15, 0.2) is 5.82 Å². The molecule has 1 heterocycles. The number of aromatic nitrogens is 2. The molecule has 0 aromatic carbocycles. The first-order chi connectivity index (χ1) is 8.19. The highest BCUT2D eigenvalue weighted by Gasteiger charge is 2.07. The summed E-state index contributed by atoms with van der Waals surface area (Å²) in [6.07, 6.45) is 3.21. The SMILES string of the molecule is CCN(CC)CCNc1nccnc1C(N)=S. The predicted molar refractivity (Wildman–Crippen MR) is 74.2 cm³/mol. The third kappa shape index (κ3) is 4.24. The van der Waals surface area contributed by atoms with Crippen molar-refractivity contribution in [3.05, 3.63) is 18.1 Å². The molecule has 0 saturated heterocycles. The Morgan fingerprint density at radius 2 is 2.00 bits per heavy atom. The van der Waals surface area contributed by atoms with Crippen LogP contribution in [0.2, 0.25) is 0 Å². The minimum Gasteiger partial charge on any atom is -0.388 e. The van der Waals surface area contributed by atoms with Crippen LogP contribution in [0.4, 0.5) is 5.82 Å². The molecule has 0 atom stereocenters. The van der Waals surface area contributed by atoms with E-state index in [1.54, 1.807) is 12.4 Å². The number of nitrogens with two attached hydrogens (primary N) is 1. The van der Waals surface area contributed by atoms with E-state index in [2.05, 4.69) is 34.0 Å². The molecule has 0 bridgehead atoms. The predicted octanol–water partition coefficient (Wildman–Crippen LogP) is 0.864. The number of hydrogen-bond donors (Lipinski definition) is 2. The number of nitrogens with one attached hydrogen (secondary N) is 1. The van der Waals surface area contributed by atoms with Crippen LogP contribution in [-0.2, 0) is 0 Å². The molecule has 1 aromatic heterocycles. The monoisotopic (exact) mass is 253 g/mol. The van der Waals surface area contributed by atoms with Crippen molar-refractivity contribution >= 4 is 23.0 Å². The Kier molecular flexibility index (Phi) is 5.79. The summed E-state index contributed by atoms with van der Waals surface area (Å²) >= 11 is 4.92. The van der Waals surface area contributed by atoms with Gasteiger partial charge in [0, 0.05) is 25.5 Å². The molecule has 17 heavy (non-hydrogen) atoms. The van der Waals surface area contributed by atoms with Crippen molar-refractivity contribution in [2.45, 2.75) is 13.8 Å². The molecule has 6 heteroatoms. The van der Waals surface area contributed by atoms with E-state index in [0.717, 1.165) is 26.2 Å². The highest BCUT2D eigenvalue weighted by Crippen LogP contribution is 2.07. The standard InChI is InChI=1S/C11H19N5S/c1-3-16(4-2)8-7-15-11-9(10(12)17)13-5-6-14-11/h5-6H,3-4,7-8H2,1-2H3,(H2,12,17)(H,14,15). The molecule has 0 fully saturated rings. The van der Waals surface area contributed by atoms with Gasteiger partial charge in [0.05, 0.1) is 0 Å². The van der Waals surface area contributed by atoms with Gasteiger partial charge in [-0.15, -0.1) is 0 Å². The first kappa shape index (κ1) is 13.8. The molecule has 0 aliphatic heterocycles. The van der Waals surface area contributed by atoms with Gasteiger partial charge in [-0.3, -0.25) is 0 Å². The third-order valence-corrected chi connectivity index (χ3v) is 2.74. The number of anilines is 1. The van der Waals surface area contributed by atoms with Crippen LogP contribution in [-0.4, -0.2) is 46.0 Å². The molecule has 1 aromatic rings. The molecule has 0 amide bonds. The Labute approximate surface area is 107 Å². The van der Waals surface area contributed by atoms with Gasteiger partial charge in [0.2, 0.25) is 0 Å². The average molecular weight is 253 g/mol. The second-order valence-corrected chi connectivity index (χ2v) is 4.01. The molecule has 1 rings (SSSR count). The van der Waals surface area contributed by atoms with Crippen LogP contribution in [0.15, 0.2) is 12.4 Å². The van der Waals surface area contributed by atoms with Crippen LogP contribution >= 0.6 is 12.2 Å². The molecular weight excluding hydrogens is 234 g/mol. The van der Waals surface area contributed by atoms with Gasteiger partial charge in [-0.05, 0) is 13.1 Å². The number of thiocarbonyl (C=S) groups is 1. The van der Waals surface area contributed by atoms with Crippen molar-refractivity contribution in [2.75, 3.05) is 31.5 Å². The topological polar surface area (TPSA) is 67.1 Å².